The zero-order valence-corrected chi connectivity index (χ0v) is 12.8. The first-order valence-corrected chi connectivity index (χ1v) is 7.57. The number of rotatable bonds is 2. The van der Waals surface area contributed by atoms with Crippen LogP contribution < -0.4 is 15.5 Å². The van der Waals surface area contributed by atoms with E-state index < -0.39 is 0 Å². The molecule has 0 amide bonds. The highest BCUT2D eigenvalue weighted by molar-refractivity contribution is 5.64. The molecule has 3 heteroatoms. The van der Waals surface area contributed by atoms with Crippen molar-refractivity contribution in [1.82, 2.24) is 0 Å². The van der Waals surface area contributed by atoms with Gasteiger partial charge in [0.25, 0.3) is 0 Å². The minimum Gasteiger partial charge on any atom is -0.399 e. The molecule has 3 rings (SSSR count). The van der Waals surface area contributed by atoms with Gasteiger partial charge in [0.2, 0.25) is 0 Å². The van der Waals surface area contributed by atoms with Crippen molar-refractivity contribution in [1.29, 1.82) is 0 Å². The summed E-state index contributed by atoms with van der Waals surface area (Å²) in [5.74, 6) is 0. The van der Waals surface area contributed by atoms with E-state index in [0.717, 1.165) is 31.9 Å². The van der Waals surface area contributed by atoms with Crippen LogP contribution in [0.15, 0.2) is 42.5 Å². The number of hydrogen-bond donors (Lipinski definition) is 1. The molecule has 21 heavy (non-hydrogen) atoms. The van der Waals surface area contributed by atoms with Gasteiger partial charge in [0.15, 0.2) is 0 Å². The van der Waals surface area contributed by atoms with Crippen LogP contribution >= 0.6 is 0 Å². The van der Waals surface area contributed by atoms with Crippen LogP contribution in [0.4, 0.5) is 17.1 Å². The van der Waals surface area contributed by atoms with Crippen LogP contribution in [0.5, 0.6) is 0 Å². The lowest BCUT2D eigenvalue weighted by Crippen LogP contribution is -2.46. The molecule has 2 aromatic carbocycles. The van der Waals surface area contributed by atoms with E-state index in [4.69, 9.17) is 5.73 Å². The van der Waals surface area contributed by atoms with E-state index in [1.807, 2.05) is 6.07 Å². The summed E-state index contributed by atoms with van der Waals surface area (Å²) in [6.07, 6.45) is 0. The maximum Gasteiger partial charge on any atom is 0.0401 e. The lowest BCUT2D eigenvalue weighted by atomic mass is 10.0. The molecule has 0 aromatic heterocycles. The van der Waals surface area contributed by atoms with Gasteiger partial charge >= 0.3 is 0 Å². The van der Waals surface area contributed by atoms with E-state index in [1.54, 1.807) is 0 Å². The van der Waals surface area contributed by atoms with Gasteiger partial charge in [0, 0.05) is 43.2 Å². The molecule has 0 saturated carbocycles. The summed E-state index contributed by atoms with van der Waals surface area (Å²) in [5, 5.41) is 0. The second kappa shape index (κ2) is 5.68. The first-order chi connectivity index (χ1) is 10.2. The van der Waals surface area contributed by atoms with E-state index >= 15 is 0 Å². The molecule has 110 valence electrons. The van der Waals surface area contributed by atoms with Gasteiger partial charge in [-0.2, -0.15) is 0 Å². The molecule has 0 atom stereocenters. The molecule has 1 aliphatic heterocycles. The fourth-order valence-corrected chi connectivity index (χ4v) is 3.01. The molecule has 0 aliphatic carbocycles. The van der Waals surface area contributed by atoms with E-state index in [0.29, 0.717) is 0 Å². The van der Waals surface area contributed by atoms with Crippen molar-refractivity contribution >= 4 is 17.1 Å². The minimum absolute atomic E-state index is 0.888. The number of nitrogens with zero attached hydrogens (tertiary/aromatic N) is 2. The number of hydrogen-bond acceptors (Lipinski definition) is 3. The van der Waals surface area contributed by atoms with Gasteiger partial charge in [-0.15, -0.1) is 0 Å². The van der Waals surface area contributed by atoms with E-state index in [2.05, 4.69) is 60.0 Å². The summed E-state index contributed by atoms with van der Waals surface area (Å²) in [6.45, 7) is 8.51. The third-order valence-electron chi connectivity index (χ3n) is 4.54. The average molecular weight is 281 g/mol. The van der Waals surface area contributed by atoms with Crippen molar-refractivity contribution in [3.05, 3.63) is 53.6 Å². The highest BCUT2D eigenvalue weighted by Crippen LogP contribution is 2.28. The van der Waals surface area contributed by atoms with Crippen LogP contribution in [0.25, 0.3) is 0 Å². The first kappa shape index (κ1) is 13.8. The molecule has 0 radical (unpaired) electrons. The predicted octanol–water partition coefficient (Wildman–Crippen LogP) is 3.21. The van der Waals surface area contributed by atoms with Crippen molar-refractivity contribution in [2.75, 3.05) is 41.7 Å². The largest absolute Gasteiger partial charge is 0.399 e. The Morgan fingerprint density at radius 1 is 0.762 bits per heavy atom. The molecule has 0 bridgehead atoms. The molecule has 0 unspecified atom stereocenters. The maximum atomic E-state index is 5.99. The van der Waals surface area contributed by atoms with Gasteiger partial charge in [-0.3, -0.25) is 0 Å². The second-order valence-electron chi connectivity index (χ2n) is 5.73. The van der Waals surface area contributed by atoms with E-state index in [-0.39, 0.29) is 0 Å². The van der Waals surface area contributed by atoms with Gasteiger partial charge in [-0.25, -0.2) is 0 Å². The second-order valence-corrected chi connectivity index (χ2v) is 5.73. The van der Waals surface area contributed by atoms with Crippen LogP contribution in [0.3, 0.4) is 0 Å². The van der Waals surface area contributed by atoms with Crippen LogP contribution in [-0.4, -0.2) is 26.2 Å². The van der Waals surface area contributed by atoms with Crippen molar-refractivity contribution in [3.63, 3.8) is 0 Å². The van der Waals surface area contributed by atoms with Crippen molar-refractivity contribution in [3.8, 4) is 0 Å². The molecule has 3 nitrogen and oxygen atoms in total. The van der Waals surface area contributed by atoms with Crippen LogP contribution in [0, 0.1) is 13.8 Å². The topological polar surface area (TPSA) is 32.5 Å². The van der Waals surface area contributed by atoms with Gasteiger partial charge in [-0.1, -0.05) is 18.2 Å². The Bertz CT molecular complexity index is 614. The molecule has 0 spiro atoms. The van der Waals surface area contributed by atoms with Crippen molar-refractivity contribution in [2.45, 2.75) is 13.8 Å². The van der Waals surface area contributed by atoms with Gasteiger partial charge in [-0.05, 0) is 49.2 Å². The standard InChI is InChI=1S/C18H23N3/c1-14-15(2)18(9-8-17(14)19)21-12-10-20(11-13-21)16-6-4-3-5-7-16/h3-9H,10-13,19H2,1-2H3. The molecular weight excluding hydrogens is 258 g/mol. The normalized spacial score (nSPS) is 15.3. The van der Waals surface area contributed by atoms with Crippen molar-refractivity contribution in [2.24, 2.45) is 0 Å². The van der Waals surface area contributed by atoms with Crippen LogP contribution in [0.2, 0.25) is 0 Å². The number of nitrogen functional groups attached to an aromatic ring is 1. The maximum absolute atomic E-state index is 5.99. The van der Waals surface area contributed by atoms with Gasteiger partial charge < -0.3 is 15.5 Å². The van der Waals surface area contributed by atoms with Gasteiger partial charge in [0.1, 0.15) is 0 Å². The van der Waals surface area contributed by atoms with Crippen LogP contribution in [0.1, 0.15) is 11.1 Å². The Balaban J connectivity index is 1.73. The smallest absolute Gasteiger partial charge is 0.0401 e. The quantitative estimate of drug-likeness (QED) is 0.858. The molecule has 2 aromatic rings. The summed E-state index contributed by atoms with van der Waals surface area (Å²) < 4.78 is 0. The molecule has 1 aliphatic rings. The summed E-state index contributed by atoms with van der Waals surface area (Å²) in [6, 6.07) is 14.9. The zero-order chi connectivity index (χ0) is 14.8. The molecule has 1 fully saturated rings. The molecule has 2 N–H and O–H groups in total. The Morgan fingerprint density at radius 3 is 2.05 bits per heavy atom. The predicted molar refractivity (Wildman–Crippen MR) is 91.2 cm³/mol. The Hall–Kier alpha value is -2.16. The Kier molecular flexibility index (Phi) is 3.74. The summed E-state index contributed by atoms with van der Waals surface area (Å²) in [5.41, 5.74) is 12.0. The number of para-hydroxylation sites is 1. The fourth-order valence-electron chi connectivity index (χ4n) is 3.01. The number of piperazine rings is 1. The zero-order valence-electron chi connectivity index (χ0n) is 12.8. The average Bonchev–Trinajstić information content (AvgIpc) is 2.54. The SMILES string of the molecule is Cc1c(N)ccc(N2CCN(c3ccccc3)CC2)c1C. The Labute approximate surface area is 127 Å². The third-order valence-corrected chi connectivity index (χ3v) is 4.54. The van der Waals surface area contributed by atoms with Crippen molar-refractivity contribution < 1.29 is 0 Å². The fraction of sp³-hybridized carbons (Fsp3) is 0.333. The van der Waals surface area contributed by atoms with E-state index in [1.165, 1.54) is 22.5 Å². The number of anilines is 3. The lowest BCUT2D eigenvalue weighted by Gasteiger charge is -2.38. The summed E-state index contributed by atoms with van der Waals surface area (Å²) in [7, 11) is 0. The minimum atomic E-state index is 0.888. The van der Waals surface area contributed by atoms with E-state index in [9.17, 15) is 0 Å². The molecular formula is C18H23N3. The third kappa shape index (κ3) is 2.68. The highest BCUT2D eigenvalue weighted by Gasteiger charge is 2.19. The van der Waals surface area contributed by atoms with Crippen LogP contribution in [-0.2, 0) is 0 Å². The highest BCUT2D eigenvalue weighted by atomic mass is 15.3. The monoisotopic (exact) mass is 281 g/mol. The number of benzene rings is 2. The van der Waals surface area contributed by atoms with Gasteiger partial charge in [0.05, 0.1) is 0 Å². The summed E-state index contributed by atoms with van der Waals surface area (Å²) >= 11 is 0. The first-order valence-electron chi connectivity index (χ1n) is 7.57. The Morgan fingerprint density at radius 2 is 1.38 bits per heavy atom. The summed E-state index contributed by atoms with van der Waals surface area (Å²) in [4.78, 5) is 4.93. The molecule has 1 heterocycles. The number of nitrogens with two attached hydrogens (primary N) is 1. The molecule has 1 saturated heterocycles. The lowest BCUT2D eigenvalue weighted by molar-refractivity contribution is 0.652.